The molecular formula is C18H17ClFNO4S. The van der Waals surface area contributed by atoms with Gasteiger partial charge in [0.15, 0.2) is 0 Å². The van der Waals surface area contributed by atoms with Gasteiger partial charge in [-0.3, -0.25) is 10.1 Å². The molecule has 0 amide bonds. The Balaban J connectivity index is 1.59. The van der Waals surface area contributed by atoms with Gasteiger partial charge in [0, 0.05) is 16.3 Å². The van der Waals surface area contributed by atoms with E-state index in [1.54, 1.807) is 30.3 Å². The second-order valence-corrected chi connectivity index (χ2v) is 7.18. The summed E-state index contributed by atoms with van der Waals surface area (Å²) in [5.74, 6) is 0.453. The Morgan fingerprint density at radius 2 is 1.96 bits per heavy atom. The van der Waals surface area contributed by atoms with Gasteiger partial charge >= 0.3 is 5.97 Å². The zero-order valence-electron chi connectivity index (χ0n) is 13.7. The van der Waals surface area contributed by atoms with Crippen LogP contribution >= 0.6 is 23.4 Å². The molecule has 1 aliphatic heterocycles. The van der Waals surface area contributed by atoms with Crippen molar-refractivity contribution in [2.24, 2.45) is 0 Å². The van der Waals surface area contributed by atoms with Gasteiger partial charge in [0.1, 0.15) is 36.6 Å². The molecular weight excluding hydrogens is 381 g/mol. The molecule has 2 N–H and O–H groups in total. The summed E-state index contributed by atoms with van der Waals surface area (Å²) >= 11 is 7.58. The molecule has 2 atom stereocenters. The number of carboxylic acid groups (broad SMARTS) is 1. The highest BCUT2D eigenvalue weighted by molar-refractivity contribution is 7.99. The predicted octanol–water partition coefficient (Wildman–Crippen LogP) is 3.73. The lowest BCUT2D eigenvalue weighted by molar-refractivity contribution is -0.138. The number of ether oxygens (including phenoxy) is 2. The van der Waals surface area contributed by atoms with Gasteiger partial charge in [0.25, 0.3) is 0 Å². The van der Waals surface area contributed by atoms with Crippen molar-refractivity contribution in [2.75, 3.05) is 19.0 Å². The molecule has 0 radical (unpaired) electrons. The normalized spacial score (nSPS) is 19.3. The first-order valence-electron chi connectivity index (χ1n) is 7.94. The molecule has 0 aliphatic carbocycles. The van der Waals surface area contributed by atoms with E-state index in [0.717, 1.165) is 5.56 Å². The average molecular weight is 398 g/mol. The van der Waals surface area contributed by atoms with Gasteiger partial charge in [-0.05, 0) is 42.5 Å². The van der Waals surface area contributed by atoms with Gasteiger partial charge in [0.05, 0.1) is 5.37 Å². The fourth-order valence-corrected chi connectivity index (χ4v) is 3.92. The van der Waals surface area contributed by atoms with Gasteiger partial charge in [-0.2, -0.15) is 0 Å². The maximum Gasteiger partial charge on any atom is 0.321 e. The first-order chi connectivity index (χ1) is 12.5. The van der Waals surface area contributed by atoms with Crippen LogP contribution < -0.4 is 14.8 Å². The lowest BCUT2D eigenvalue weighted by Gasteiger charge is -2.17. The Kier molecular flexibility index (Phi) is 6.24. The Bertz CT molecular complexity index is 774. The minimum absolute atomic E-state index is 0.206. The van der Waals surface area contributed by atoms with Crippen LogP contribution in [0.15, 0.2) is 42.5 Å². The van der Waals surface area contributed by atoms with E-state index in [4.69, 9.17) is 26.2 Å². The molecule has 0 aromatic heterocycles. The topological polar surface area (TPSA) is 67.8 Å². The summed E-state index contributed by atoms with van der Waals surface area (Å²) < 4.78 is 24.2. The number of hydrogen-bond donors (Lipinski definition) is 2. The highest BCUT2D eigenvalue weighted by Gasteiger charge is 2.32. The van der Waals surface area contributed by atoms with Crippen LogP contribution in [0, 0.1) is 5.82 Å². The van der Waals surface area contributed by atoms with Crippen LogP contribution in [0.5, 0.6) is 11.5 Å². The van der Waals surface area contributed by atoms with E-state index in [1.165, 1.54) is 23.9 Å². The van der Waals surface area contributed by atoms with E-state index < -0.39 is 12.0 Å². The maximum absolute atomic E-state index is 12.9. The van der Waals surface area contributed by atoms with E-state index in [1.807, 2.05) is 0 Å². The Labute approximate surface area is 159 Å². The van der Waals surface area contributed by atoms with Crippen molar-refractivity contribution in [1.29, 1.82) is 0 Å². The molecule has 0 bridgehead atoms. The second-order valence-electron chi connectivity index (χ2n) is 5.60. The standard InChI is InChI=1S/C18H17ClFNO4S/c19-11-1-6-16(14(9-11)17-21-15(10-26-17)18(22)23)25-8-7-24-13-4-2-12(20)3-5-13/h1-6,9,15,17,21H,7-8,10H2,(H,22,23). The van der Waals surface area contributed by atoms with Crippen LogP contribution in [0.4, 0.5) is 4.39 Å². The number of aliphatic carboxylic acids is 1. The predicted molar refractivity (Wildman–Crippen MR) is 98.6 cm³/mol. The third kappa shape index (κ3) is 4.81. The van der Waals surface area contributed by atoms with Crippen LogP contribution in [0.25, 0.3) is 0 Å². The van der Waals surface area contributed by atoms with Crippen LogP contribution in [0.1, 0.15) is 10.9 Å². The van der Waals surface area contributed by atoms with Gasteiger partial charge in [-0.25, -0.2) is 4.39 Å². The second kappa shape index (κ2) is 8.62. The fraction of sp³-hybridized carbons (Fsp3) is 0.278. The largest absolute Gasteiger partial charge is 0.490 e. The first kappa shape index (κ1) is 18.8. The molecule has 1 heterocycles. The number of thioether (sulfide) groups is 1. The quantitative estimate of drug-likeness (QED) is 0.694. The van der Waals surface area contributed by atoms with Crippen molar-refractivity contribution in [1.82, 2.24) is 5.32 Å². The van der Waals surface area contributed by atoms with Crippen molar-refractivity contribution < 1.29 is 23.8 Å². The van der Waals surface area contributed by atoms with Gasteiger partial charge in [-0.15, -0.1) is 11.8 Å². The molecule has 3 rings (SSSR count). The lowest BCUT2D eigenvalue weighted by atomic mass is 10.2. The van der Waals surface area contributed by atoms with Gasteiger partial charge in [0.2, 0.25) is 0 Å². The van der Waals surface area contributed by atoms with Crippen molar-refractivity contribution in [3.8, 4) is 11.5 Å². The summed E-state index contributed by atoms with van der Waals surface area (Å²) in [4.78, 5) is 11.1. The Morgan fingerprint density at radius 1 is 1.23 bits per heavy atom. The third-order valence-corrected chi connectivity index (χ3v) is 5.24. The summed E-state index contributed by atoms with van der Waals surface area (Å²) in [7, 11) is 0. The molecule has 0 spiro atoms. The molecule has 2 aromatic rings. The van der Waals surface area contributed by atoms with Gasteiger partial charge < -0.3 is 14.6 Å². The zero-order valence-corrected chi connectivity index (χ0v) is 15.2. The number of carboxylic acids is 1. The van der Waals surface area contributed by atoms with Crippen molar-refractivity contribution in [3.63, 3.8) is 0 Å². The van der Waals surface area contributed by atoms with Gasteiger partial charge in [-0.1, -0.05) is 11.6 Å². The van der Waals surface area contributed by atoms with Crippen LogP contribution in [0.2, 0.25) is 5.02 Å². The first-order valence-corrected chi connectivity index (χ1v) is 9.36. The molecule has 26 heavy (non-hydrogen) atoms. The number of nitrogens with one attached hydrogen (secondary N) is 1. The molecule has 2 unspecified atom stereocenters. The Morgan fingerprint density at radius 3 is 2.65 bits per heavy atom. The molecule has 0 saturated carbocycles. The Hall–Kier alpha value is -1.96. The molecule has 138 valence electrons. The lowest BCUT2D eigenvalue weighted by Crippen LogP contribution is -2.33. The molecule has 2 aromatic carbocycles. The molecule has 1 saturated heterocycles. The van der Waals surface area contributed by atoms with E-state index in [0.29, 0.717) is 22.3 Å². The zero-order chi connectivity index (χ0) is 18.5. The summed E-state index contributed by atoms with van der Waals surface area (Å²) in [6.45, 7) is 0.572. The number of carbonyl (C=O) groups is 1. The minimum atomic E-state index is -0.878. The van der Waals surface area contributed by atoms with Crippen molar-refractivity contribution in [2.45, 2.75) is 11.4 Å². The SMILES string of the molecule is O=C(O)C1CSC(c2cc(Cl)ccc2OCCOc2ccc(F)cc2)N1. The molecule has 1 fully saturated rings. The third-order valence-electron chi connectivity index (χ3n) is 3.76. The summed E-state index contributed by atoms with van der Waals surface area (Å²) in [5, 5.41) is 12.5. The average Bonchev–Trinajstić information content (AvgIpc) is 3.11. The molecule has 8 heteroatoms. The number of rotatable bonds is 7. The summed E-state index contributed by atoms with van der Waals surface area (Å²) in [6, 6.07) is 10.4. The van der Waals surface area contributed by atoms with Crippen LogP contribution in [-0.2, 0) is 4.79 Å². The smallest absolute Gasteiger partial charge is 0.321 e. The molecule has 5 nitrogen and oxygen atoms in total. The van der Waals surface area contributed by atoms with E-state index >= 15 is 0 Å². The maximum atomic E-state index is 12.9. The van der Waals surface area contributed by atoms with Crippen LogP contribution in [-0.4, -0.2) is 36.1 Å². The van der Waals surface area contributed by atoms with Crippen molar-refractivity contribution in [3.05, 3.63) is 58.9 Å². The fourth-order valence-electron chi connectivity index (χ4n) is 2.49. The highest BCUT2D eigenvalue weighted by atomic mass is 35.5. The highest BCUT2D eigenvalue weighted by Crippen LogP contribution is 2.39. The van der Waals surface area contributed by atoms with Crippen LogP contribution in [0.3, 0.4) is 0 Å². The summed E-state index contributed by atoms with van der Waals surface area (Å²) in [5.41, 5.74) is 0.799. The van der Waals surface area contributed by atoms with E-state index in [9.17, 15) is 9.18 Å². The monoisotopic (exact) mass is 397 g/mol. The van der Waals surface area contributed by atoms with E-state index in [-0.39, 0.29) is 24.4 Å². The number of halogens is 2. The number of hydrogen-bond acceptors (Lipinski definition) is 5. The minimum Gasteiger partial charge on any atom is -0.490 e. The van der Waals surface area contributed by atoms with Crippen molar-refractivity contribution >= 4 is 29.3 Å². The molecule has 1 aliphatic rings. The van der Waals surface area contributed by atoms with E-state index in [2.05, 4.69) is 5.32 Å². The number of benzene rings is 2. The summed E-state index contributed by atoms with van der Waals surface area (Å²) in [6.07, 6.45) is 0.